The number of esters is 1. The van der Waals surface area contributed by atoms with E-state index in [4.69, 9.17) is 4.74 Å². The van der Waals surface area contributed by atoms with Gasteiger partial charge in [0.05, 0.1) is 7.11 Å². The molecule has 0 aliphatic carbocycles. The zero-order valence-corrected chi connectivity index (χ0v) is 13.2. The lowest BCUT2D eigenvalue weighted by Crippen LogP contribution is -2.41. The average molecular weight is 289 g/mol. The molecule has 0 radical (unpaired) electrons. The van der Waals surface area contributed by atoms with Gasteiger partial charge in [-0.15, -0.1) is 0 Å². The van der Waals surface area contributed by atoms with E-state index in [1.807, 2.05) is 24.3 Å². The summed E-state index contributed by atoms with van der Waals surface area (Å²) in [5.41, 5.74) is 1.57. The third-order valence-corrected chi connectivity index (χ3v) is 3.95. The highest BCUT2D eigenvalue weighted by Gasteiger charge is 2.36. The highest BCUT2D eigenvalue weighted by atomic mass is 16.5. The highest BCUT2D eigenvalue weighted by molar-refractivity contribution is 5.98. The van der Waals surface area contributed by atoms with Crippen LogP contribution in [0, 0.1) is 0 Å². The molecular formula is C17H23NO3. The summed E-state index contributed by atoms with van der Waals surface area (Å²) in [5, 5.41) is 0. The molecule has 1 aliphatic rings. The van der Waals surface area contributed by atoms with Crippen LogP contribution in [-0.4, -0.2) is 36.5 Å². The predicted octanol–water partition coefficient (Wildman–Crippen LogP) is 2.76. The van der Waals surface area contributed by atoms with Gasteiger partial charge in [0.25, 0.3) is 5.91 Å². The molecule has 4 nitrogen and oxygen atoms in total. The largest absolute Gasteiger partial charge is 0.467 e. The zero-order valence-electron chi connectivity index (χ0n) is 13.2. The van der Waals surface area contributed by atoms with Crippen LogP contribution in [0.5, 0.6) is 0 Å². The molecule has 4 heteroatoms. The van der Waals surface area contributed by atoms with E-state index in [9.17, 15) is 9.59 Å². The van der Waals surface area contributed by atoms with Gasteiger partial charge >= 0.3 is 5.97 Å². The molecule has 1 aliphatic heterocycles. The van der Waals surface area contributed by atoms with Crippen molar-refractivity contribution in [1.29, 1.82) is 0 Å². The van der Waals surface area contributed by atoms with Crippen molar-refractivity contribution in [1.82, 2.24) is 4.90 Å². The van der Waals surface area contributed by atoms with E-state index in [0.717, 1.165) is 12.0 Å². The summed E-state index contributed by atoms with van der Waals surface area (Å²) < 4.78 is 4.82. The van der Waals surface area contributed by atoms with E-state index in [-0.39, 0.29) is 17.3 Å². The van der Waals surface area contributed by atoms with Gasteiger partial charge in [-0.25, -0.2) is 4.79 Å². The summed E-state index contributed by atoms with van der Waals surface area (Å²) in [6.07, 6.45) is 1.51. The second-order valence-corrected chi connectivity index (χ2v) is 6.48. The number of carbonyl (C=O) groups excluding carboxylic acids is 2. The van der Waals surface area contributed by atoms with Crippen molar-refractivity contribution in [2.24, 2.45) is 0 Å². The Labute approximate surface area is 126 Å². The molecule has 1 heterocycles. The van der Waals surface area contributed by atoms with E-state index in [2.05, 4.69) is 20.8 Å². The fraction of sp³-hybridized carbons (Fsp3) is 0.529. The molecule has 1 aromatic rings. The lowest BCUT2D eigenvalue weighted by Gasteiger charge is -2.27. The number of amides is 1. The maximum atomic E-state index is 12.9. The van der Waals surface area contributed by atoms with Crippen molar-refractivity contribution in [3.8, 4) is 0 Å². The Morgan fingerprint density at radius 2 is 1.90 bits per heavy atom. The molecule has 0 spiro atoms. The number of benzene rings is 1. The third-order valence-electron chi connectivity index (χ3n) is 3.95. The van der Waals surface area contributed by atoms with E-state index < -0.39 is 6.04 Å². The Balaban J connectivity index is 2.35. The summed E-state index contributed by atoms with van der Waals surface area (Å²) in [4.78, 5) is 26.3. The number of likely N-dealkylation sites (tertiary alicyclic amines) is 1. The maximum absolute atomic E-state index is 12.9. The summed E-state index contributed by atoms with van der Waals surface area (Å²) in [6, 6.07) is 7.19. The first-order valence-corrected chi connectivity index (χ1v) is 7.34. The number of hydrogen-bond acceptors (Lipinski definition) is 3. The van der Waals surface area contributed by atoms with Gasteiger partial charge in [-0.1, -0.05) is 39.0 Å². The van der Waals surface area contributed by atoms with E-state index >= 15 is 0 Å². The van der Waals surface area contributed by atoms with Crippen LogP contribution in [0.3, 0.4) is 0 Å². The number of ether oxygens (including phenoxy) is 1. The number of hydrogen-bond donors (Lipinski definition) is 0. The van der Waals surface area contributed by atoms with Gasteiger partial charge in [0, 0.05) is 12.1 Å². The van der Waals surface area contributed by atoms with Crippen molar-refractivity contribution in [2.45, 2.75) is 45.1 Å². The number of carbonyl (C=O) groups is 2. The minimum Gasteiger partial charge on any atom is -0.467 e. The second kappa shape index (κ2) is 5.88. The van der Waals surface area contributed by atoms with Crippen LogP contribution in [0.25, 0.3) is 0 Å². The lowest BCUT2D eigenvalue weighted by atomic mass is 9.83. The van der Waals surface area contributed by atoms with Crippen LogP contribution in [0.15, 0.2) is 24.3 Å². The average Bonchev–Trinajstić information content (AvgIpc) is 2.94. The summed E-state index contributed by atoms with van der Waals surface area (Å²) in [7, 11) is 1.37. The molecule has 1 unspecified atom stereocenters. The zero-order chi connectivity index (χ0) is 15.6. The van der Waals surface area contributed by atoms with Crippen molar-refractivity contribution in [2.75, 3.05) is 13.7 Å². The van der Waals surface area contributed by atoms with E-state index in [1.165, 1.54) is 7.11 Å². The van der Waals surface area contributed by atoms with Crippen LogP contribution in [0.1, 0.15) is 49.5 Å². The summed E-state index contributed by atoms with van der Waals surface area (Å²) >= 11 is 0. The Kier molecular flexibility index (Phi) is 4.35. The molecule has 2 rings (SSSR count). The molecular weight excluding hydrogens is 266 g/mol. The van der Waals surface area contributed by atoms with Crippen molar-refractivity contribution < 1.29 is 14.3 Å². The van der Waals surface area contributed by atoms with E-state index in [0.29, 0.717) is 18.5 Å². The first-order valence-electron chi connectivity index (χ1n) is 7.34. The predicted molar refractivity (Wildman–Crippen MR) is 81.2 cm³/mol. The molecule has 0 N–H and O–H groups in total. The topological polar surface area (TPSA) is 46.6 Å². The second-order valence-electron chi connectivity index (χ2n) is 6.48. The highest BCUT2D eigenvalue weighted by Crippen LogP contribution is 2.29. The van der Waals surface area contributed by atoms with Gasteiger partial charge < -0.3 is 9.64 Å². The fourth-order valence-corrected chi connectivity index (χ4v) is 2.87. The standard InChI is InChI=1S/C17H23NO3/c1-17(2,3)13-9-6-5-8-12(13)15(19)18-11-7-10-14(18)16(20)21-4/h5-6,8-9,14H,7,10-11H2,1-4H3. The monoisotopic (exact) mass is 289 g/mol. The first kappa shape index (κ1) is 15.5. The molecule has 1 amide bonds. The number of methoxy groups -OCH3 is 1. The molecule has 1 saturated heterocycles. The van der Waals surface area contributed by atoms with Crippen LogP contribution >= 0.6 is 0 Å². The Bertz CT molecular complexity index is 545. The smallest absolute Gasteiger partial charge is 0.328 e. The lowest BCUT2D eigenvalue weighted by molar-refractivity contribution is -0.145. The van der Waals surface area contributed by atoms with Crippen molar-refractivity contribution in [3.05, 3.63) is 35.4 Å². The Morgan fingerprint density at radius 1 is 1.24 bits per heavy atom. The molecule has 114 valence electrons. The minimum absolute atomic E-state index is 0.0755. The van der Waals surface area contributed by atoms with E-state index in [1.54, 1.807) is 4.90 Å². The first-order chi connectivity index (χ1) is 9.86. The number of nitrogens with zero attached hydrogens (tertiary/aromatic N) is 1. The van der Waals surface area contributed by atoms with Gasteiger partial charge in [-0.2, -0.15) is 0 Å². The molecule has 0 aromatic heterocycles. The Hall–Kier alpha value is -1.84. The fourth-order valence-electron chi connectivity index (χ4n) is 2.87. The summed E-state index contributed by atoms with van der Waals surface area (Å²) in [6.45, 7) is 6.86. The molecule has 1 fully saturated rings. The maximum Gasteiger partial charge on any atom is 0.328 e. The van der Waals surface area contributed by atoms with Gasteiger partial charge in [0.15, 0.2) is 0 Å². The normalized spacial score (nSPS) is 18.7. The molecule has 0 bridgehead atoms. The van der Waals surface area contributed by atoms with Gasteiger partial charge in [0.2, 0.25) is 0 Å². The molecule has 1 aromatic carbocycles. The third kappa shape index (κ3) is 3.09. The van der Waals surface area contributed by atoms with Gasteiger partial charge in [-0.05, 0) is 29.9 Å². The molecule has 0 saturated carbocycles. The number of rotatable bonds is 2. The Morgan fingerprint density at radius 3 is 2.52 bits per heavy atom. The van der Waals surface area contributed by atoms with Crippen LogP contribution in [0.4, 0.5) is 0 Å². The summed E-state index contributed by atoms with van der Waals surface area (Å²) in [5.74, 6) is -0.400. The molecule has 1 atom stereocenters. The van der Waals surface area contributed by atoms with Crippen LogP contribution < -0.4 is 0 Å². The SMILES string of the molecule is COC(=O)C1CCCN1C(=O)c1ccccc1C(C)(C)C. The molecule has 21 heavy (non-hydrogen) atoms. The minimum atomic E-state index is -0.449. The van der Waals surface area contributed by atoms with Crippen LogP contribution in [0.2, 0.25) is 0 Å². The van der Waals surface area contributed by atoms with Crippen molar-refractivity contribution in [3.63, 3.8) is 0 Å². The van der Waals surface area contributed by atoms with Crippen LogP contribution in [-0.2, 0) is 14.9 Å². The quantitative estimate of drug-likeness (QED) is 0.787. The van der Waals surface area contributed by atoms with Gasteiger partial charge in [-0.3, -0.25) is 4.79 Å². The van der Waals surface area contributed by atoms with Gasteiger partial charge in [0.1, 0.15) is 6.04 Å². The van der Waals surface area contributed by atoms with Crippen molar-refractivity contribution >= 4 is 11.9 Å².